The number of rotatable bonds is 5. The molecule has 0 bridgehead atoms. The van der Waals surface area contributed by atoms with E-state index in [0.29, 0.717) is 5.56 Å². The van der Waals surface area contributed by atoms with Crippen LogP contribution < -0.4 is 10.6 Å². The predicted octanol–water partition coefficient (Wildman–Crippen LogP) is 5.04. The zero-order chi connectivity index (χ0) is 17.6. The molecule has 128 valence electrons. The summed E-state index contributed by atoms with van der Waals surface area (Å²) in [5.41, 5.74) is 1.46. The molecule has 3 rings (SSSR count). The van der Waals surface area contributed by atoms with E-state index in [9.17, 15) is 9.18 Å². The van der Waals surface area contributed by atoms with Gasteiger partial charge in [0, 0.05) is 10.4 Å². The van der Waals surface area contributed by atoms with Gasteiger partial charge in [0.25, 0.3) is 0 Å². The first-order valence-corrected chi connectivity index (χ1v) is 8.93. The molecule has 1 aromatic heterocycles. The second-order valence-corrected chi connectivity index (χ2v) is 6.70. The molecule has 2 aromatic carbocycles. The Morgan fingerprint density at radius 1 is 0.960 bits per heavy atom. The van der Waals surface area contributed by atoms with Crippen molar-refractivity contribution in [1.29, 1.82) is 0 Å². The fourth-order valence-corrected chi connectivity index (χ4v) is 3.50. The maximum atomic E-state index is 13.9. The van der Waals surface area contributed by atoms with Gasteiger partial charge in [-0.2, -0.15) is 0 Å². The van der Waals surface area contributed by atoms with Crippen molar-refractivity contribution in [3.8, 4) is 0 Å². The Labute approximate surface area is 150 Å². The highest BCUT2D eigenvalue weighted by molar-refractivity contribution is 7.10. The maximum absolute atomic E-state index is 13.9. The van der Waals surface area contributed by atoms with E-state index in [-0.39, 0.29) is 17.9 Å². The Kier molecular flexibility index (Phi) is 5.46. The lowest BCUT2D eigenvalue weighted by Gasteiger charge is -2.21. The maximum Gasteiger partial charge on any atom is 0.316 e. The summed E-state index contributed by atoms with van der Waals surface area (Å²) in [7, 11) is 0. The molecule has 3 nitrogen and oxygen atoms in total. The molecule has 0 spiro atoms. The third-order valence-corrected chi connectivity index (χ3v) is 4.89. The molecule has 0 radical (unpaired) electrons. The summed E-state index contributed by atoms with van der Waals surface area (Å²) >= 11 is 1.58. The van der Waals surface area contributed by atoms with Gasteiger partial charge in [0.05, 0.1) is 12.1 Å². The minimum Gasteiger partial charge on any atom is -0.332 e. The van der Waals surface area contributed by atoms with Gasteiger partial charge in [0.2, 0.25) is 0 Å². The molecule has 25 heavy (non-hydrogen) atoms. The van der Waals surface area contributed by atoms with E-state index in [1.54, 1.807) is 36.5 Å². The quantitative estimate of drug-likeness (QED) is 0.662. The van der Waals surface area contributed by atoms with E-state index in [0.717, 1.165) is 10.4 Å². The van der Waals surface area contributed by atoms with Crippen LogP contribution in [0.25, 0.3) is 0 Å². The van der Waals surface area contributed by atoms with Gasteiger partial charge in [-0.05, 0) is 30.0 Å². The van der Waals surface area contributed by atoms with Crippen molar-refractivity contribution in [3.05, 3.63) is 93.9 Å². The molecule has 0 saturated carbocycles. The number of amides is 2. The monoisotopic (exact) mass is 354 g/mol. The number of hydrogen-bond acceptors (Lipinski definition) is 2. The van der Waals surface area contributed by atoms with Crippen LogP contribution in [-0.2, 0) is 0 Å². The van der Waals surface area contributed by atoms with Crippen LogP contribution in [0.5, 0.6) is 0 Å². The van der Waals surface area contributed by atoms with E-state index < -0.39 is 6.04 Å². The molecule has 0 aliphatic rings. The predicted molar refractivity (Wildman–Crippen MR) is 99.1 cm³/mol. The summed E-state index contributed by atoms with van der Waals surface area (Å²) < 4.78 is 13.9. The Balaban J connectivity index is 1.74. The van der Waals surface area contributed by atoms with Crippen LogP contribution in [0.4, 0.5) is 9.18 Å². The molecule has 0 saturated heterocycles. The Bertz CT molecular complexity index is 821. The first-order valence-electron chi connectivity index (χ1n) is 8.05. The number of hydrogen-bond donors (Lipinski definition) is 2. The minimum absolute atomic E-state index is 0.242. The normalized spacial score (nSPS) is 13.0. The summed E-state index contributed by atoms with van der Waals surface area (Å²) in [6.07, 6.45) is 0. The van der Waals surface area contributed by atoms with Crippen LogP contribution in [0.15, 0.2) is 72.1 Å². The number of halogens is 1. The SMILES string of the molecule is CC(NC(=O)NC(c1ccccc1)c1cccs1)c1ccccc1F. The largest absolute Gasteiger partial charge is 0.332 e. The third-order valence-electron chi connectivity index (χ3n) is 3.96. The van der Waals surface area contributed by atoms with Crippen molar-refractivity contribution < 1.29 is 9.18 Å². The van der Waals surface area contributed by atoms with Gasteiger partial charge in [0.1, 0.15) is 5.82 Å². The molecule has 3 aromatic rings. The average Bonchev–Trinajstić information content (AvgIpc) is 3.15. The van der Waals surface area contributed by atoms with E-state index in [4.69, 9.17) is 0 Å². The summed E-state index contributed by atoms with van der Waals surface area (Å²) in [5, 5.41) is 7.79. The first kappa shape index (κ1) is 17.2. The van der Waals surface area contributed by atoms with Crippen molar-refractivity contribution in [2.75, 3.05) is 0 Å². The second kappa shape index (κ2) is 7.94. The molecule has 2 atom stereocenters. The molecule has 0 aliphatic carbocycles. The van der Waals surface area contributed by atoms with E-state index >= 15 is 0 Å². The highest BCUT2D eigenvalue weighted by Gasteiger charge is 2.19. The zero-order valence-corrected chi connectivity index (χ0v) is 14.6. The summed E-state index contributed by atoms with van der Waals surface area (Å²) in [6, 6.07) is 19.2. The molecular formula is C20H19FN2OS. The molecular weight excluding hydrogens is 335 g/mol. The summed E-state index contributed by atoms with van der Waals surface area (Å²) in [4.78, 5) is 13.5. The Morgan fingerprint density at radius 3 is 2.36 bits per heavy atom. The summed E-state index contributed by atoms with van der Waals surface area (Å²) in [6.45, 7) is 1.76. The highest BCUT2D eigenvalue weighted by Crippen LogP contribution is 2.26. The standard InChI is InChI=1S/C20H19FN2OS/c1-14(16-10-5-6-11-17(16)21)22-20(24)23-19(18-12-7-13-25-18)15-8-3-2-4-9-15/h2-14,19H,1H3,(H2,22,23,24). The van der Waals surface area contributed by atoms with Gasteiger partial charge in [-0.15, -0.1) is 11.3 Å². The van der Waals surface area contributed by atoms with Crippen molar-refractivity contribution in [1.82, 2.24) is 10.6 Å². The van der Waals surface area contributed by atoms with Gasteiger partial charge >= 0.3 is 6.03 Å². The van der Waals surface area contributed by atoms with Crippen LogP contribution in [0, 0.1) is 5.82 Å². The van der Waals surface area contributed by atoms with Gasteiger partial charge in [-0.25, -0.2) is 9.18 Å². The molecule has 5 heteroatoms. The fraction of sp³-hybridized carbons (Fsp3) is 0.150. The summed E-state index contributed by atoms with van der Waals surface area (Å²) in [5.74, 6) is -0.326. The topological polar surface area (TPSA) is 41.1 Å². The lowest BCUT2D eigenvalue weighted by Crippen LogP contribution is -2.39. The number of carbonyl (C=O) groups excluding carboxylic acids is 1. The van der Waals surface area contributed by atoms with E-state index in [1.807, 2.05) is 47.8 Å². The van der Waals surface area contributed by atoms with Crippen LogP contribution in [0.1, 0.15) is 35.0 Å². The number of urea groups is 1. The van der Waals surface area contributed by atoms with Crippen molar-refractivity contribution in [2.45, 2.75) is 19.0 Å². The van der Waals surface area contributed by atoms with Gasteiger partial charge < -0.3 is 10.6 Å². The molecule has 2 amide bonds. The van der Waals surface area contributed by atoms with E-state index in [2.05, 4.69) is 10.6 Å². The molecule has 0 fully saturated rings. The lowest BCUT2D eigenvalue weighted by molar-refractivity contribution is 0.235. The molecule has 0 aliphatic heterocycles. The minimum atomic E-state index is -0.430. The Morgan fingerprint density at radius 2 is 1.68 bits per heavy atom. The highest BCUT2D eigenvalue weighted by atomic mass is 32.1. The van der Waals surface area contributed by atoms with Gasteiger partial charge in [-0.3, -0.25) is 0 Å². The lowest BCUT2D eigenvalue weighted by atomic mass is 10.1. The van der Waals surface area contributed by atoms with Crippen molar-refractivity contribution in [2.24, 2.45) is 0 Å². The van der Waals surface area contributed by atoms with E-state index in [1.165, 1.54) is 6.07 Å². The number of benzene rings is 2. The van der Waals surface area contributed by atoms with Gasteiger partial charge in [-0.1, -0.05) is 54.6 Å². The van der Waals surface area contributed by atoms with Crippen molar-refractivity contribution in [3.63, 3.8) is 0 Å². The molecule has 2 N–H and O–H groups in total. The Hall–Kier alpha value is -2.66. The molecule has 1 heterocycles. The number of nitrogens with one attached hydrogen (secondary N) is 2. The second-order valence-electron chi connectivity index (χ2n) is 5.72. The third kappa shape index (κ3) is 4.25. The van der Waals surface area contributed by atoms with Crippen LogP contribution >= 0.6 is 11.3 Å². The number of carbonyl (C=O) groups is 1. The average molecular weight is 354 g/mol. The molecule has 2 unspecified atom stereocenters. The number of thiophene rings is 1. The zero-order valence-electron chi connectivity index (χ0n) is 13.8. The van der Waals surface area contributed by atoms with Crippen LogP contribution in [0.2, 0.25) is 0 Å². The fourth-order valence-electron chi connectivity index (χ4n) is 2.69. The van der Waals surface area contributed by atoms with Crippen LogP contribution in [-0.4, -0.2) is 6.03 Å². The smallest absolute Gasteiger partial charge is 0.316 e. The first-order chi connectivity index (χ1) is 12.1. The van der Waals surface area contributed by atoms with Crippen LogP contribution in [0.3, 0.4) is 0 Å². The van der Waals surface area contributed by atoms with Crippen molar-refractivity contribution >= 4 is 17.4 Å². The van der Waals surface area contributed by atoms with Gasteiger partial charge in [0.15, 0.2) is 0 Å².